The van der Waals surface area contributed by atoms with Gasteiger partial charge in [0.2, 0.25) is 11.8 Å². The van der Waals surface area contributed by atoms with Gasteiger partial charge in [-0.25, -0.2) is 0 Å². The first kappa shape index (κ1) is 19.8. The third-order valence-electron chi connectivity index (χ3n) is 5.11. The molecule has 0 unspecified atom stereocenters. The highest BCUT2D eigenvalue weighted by molar-refractivity contribution is 8.01. The SMILES string of the molecule is COc1ccc(OC)c([C@@H]2S[C@@H](C)C(=O)N2CC(=O)N2CCN(C)CC2)c1. The van der Waals surface area contributed by atoms with Crippen molar-refractivity contribution in [2.75, 3.05) is 54.0 Å². The van der Waals surface area contributed by atoms with Crippen LogP contribution in [0.3, 0.4) is 0 Å². The Morgan fingerprint density at radius 1 is 1.19 bits per heavy atom. The number of methoxy groups -OCH3 is 2. The molecule has 0 saturated carbocycles. The van der Waals surface area contributed by atoms with Crippen LogP contribution in [0.25, 0.3) is 0 Å². The van der Waals surface area contributed by atoms with Gasteiger partial charge in [-0.05, 0) is 32.2 Å². The maximum atomic E-state index is 12.8. The van der Waals surface area contributed by atoms with E-state index in [1.807, 2.05) is 30.0 Å². The standard InChI is InChI=1S/C19H27N3O4S/c1-13-18(24)22(12-17(23)21-9-7-20(2)8-10-21)19(27-13)15-11-14(25-3)5-6-16(15)26-4/h5-6,11,13,19H,7-10,12H2,1-4H3/t13-,19-/m0/s1. The van der Waals surface area contributed by atoms with Crippen molar-refractivity contribution >= 4 is 23.6 Å². The van der Waals surface area contributed by atoms with Gasteiger partial charge >= 0.3 is 0 Å². The van der Waals surface area contributed by atoms with Crippen LogP contribution >= 0.6 is 11.8 Å². The molecule has 3 rings (SSSR count). The Morgan fingerprint density at radius 2 is 1.89 bits per heavy atom. The number of piperazine rings is 1. The molecule has 0 spiro atoms. The van der Waals surface area contributed by atoms with E-state index >= 15 is 0 Å². The van der Waals surface area contributed by atoms with Gasteiger partial charge in [-0.2, -0.15) is 0 Å². The van der Waals surface area contributed by atoms with Gasteiger partial charge in [0.05, 0.1) is 19.5 Å². The molecule has 2 aliphatic rings. The van der Waals surface area contributed by atoms with E-state index in [1.54, 1.807) is 19.1 Å². The molecule has 0 bridgehead atoms. The number of amides is 2. The molecule has 2 heterocycles. The minimum atomic E-state index is -0.269. The Labute approximate surface area is 164 Å². The van der Waals surface area contributed by atoms with Gasteiger partial charge in [-0.3, -0.25) is 9.59 Å². The van der Waals surface area contributed by atoms with Crippen molar-refractivity contribution in [2.45, 2.75) is 17.5 Å². The summed E-state index contributed by atoms with van der Waals surface area (Å²) in [5, 5.41) is -0.472. The molecule has 2 fully saturated rings. The summed E-state index contributed by atoms with van der Waals surface area (Å²) in [6, 6.07) is 5.55. The number of carbonyl (C=O) groups excluding carboxylic acids is 2. The Kier molecular flexibility index (Phi) is 6.16. The molecule has 8 heteroatoms. The first-order valence-corrected chi connectivity index (χ1v) is 10.0. The molecule has 2 aliphatic heterocycles. The lowest BCUT2D eigenvalue weighted by Crippen LogP contribution is -2.50. The average Bonchev–Trinajstić information content (AvgIpc) is 2.96. The number of hydrogen-bond donors (Lipinski definition) is 0. The van der Waals surface area contributed by atoms with Crippen LogP contribution in [0.5, 0.6) is 11.5 Å². The molecule has 148 valence electrons. The van der Waals surface area contributed by atoms with Crippen LogP contribution in [0.1, 0.15) is 17.9 Å². The second-order valence-corrected chi connectivity index (χ2v) is 8.31. The van der Waals surface area contributed by atoms with Crippen LogP contribution in [0.4, 0.5) is 0 Å². The van der Waals surface area contributed by atoms with Crippen molar-refractivity contribution in [2.24, 2.45) is 0 Å². The lowest BCUT2D eigenvalue weighted by atomic mass is 10.1. The quantitative estimate of drug-likeness (QED) is 0.754. The van der Waals surface area contributed by atoms with Gasteiger partial charge in [0, 0.05) is 31.7 Å². The molecular formula is C19H27N3O4S. The molecule has 7 nitrogen and oxygen atoms in total. The smallest absolute Gasteiger partial charge is 0.242 e. The summed E-state index contributed by atoms with van der Waals surface area (Å²) in [5.41, 5.74) is 0.853. The molecule has 2 amide bonds. The predicted molar refractivity (Wildman–Crippen MR) is 105 cm³/mol. The fraction of sp³-hybridized carbons (Fsp3) is 0.579. The van der Waals surface area contributed by atoms with Crippen molar-refractivity contribution in [3.63, 3.8) is 0 Å². The van der Waals surface area contributed by atoms with Crippen LogP contribution in [0.2, 0.25) is 0 Å². The molecule has 0 aliphatic carbocycles. The third-order valence-corrected chi connectivity index (χ3v) is 6.49. The number of ether oxygens (including phenoxy) is 2. The molecule has 0 N–H and O–H groups in total. The molecule has 0 radical (unpaired) electrons. The third kappa shape index (κ3) is 4.16. The zero-order valence-electron chi connectivity index (χ0n) is 16.3. The molecular weight excluding hydrogens is 366 g/mol. The van der Waals surface area contributed by atoms with Gasteiger partial charge in [0.25, 0.3) is 0 Å². The topological polar surface area (TPSA) is 62.3 Å². The van der Waals surface area contributed by atoms with Crippen LogP contribution in [-0.2, 0) is 9.59 Å². The molecule has 1 aromatic rings. The Balaban J connectivity index is 1.82. The zero-order valence-corrected chi connectivity index (χ0v) is 17.1. The van der Waals surface area contributed by atoms with E-state index < -0.39 is 0 Å². The van der Waals surface area contributed by atoms with Gasteiger partial charge in [-0.1, -0.05) is 0 Å². The number of hydrogen-bond acceptors (Lipinski definition) is 6. The summed E-state index contributed by atoms with van der Waals surface area (Å²) in [5.74, 6) is 1.37. The zero-order chi connectivity index (χ0) is 19.6. The monoisotopic (exact) mass is 393 g/mol. The van der Waals surface area contributed by atoms with E-state index in [4.69, 9.17) is 9.47 Å². The lowest BCUT2D eigenvalue weighted by Gasteiger charge is -2.34. The first-order chi connectivity index (χ1) is 12.9. The molecule has 2 atom stereocenters. The number of thioether (sulfide) groups is 1. The summed E-state index contributed by atoms with van der Waals surface area (Å²) in [6.07, 6.45) is 0. The van der Waals surface area contributed by atoms with Crippen LogP contribution in [-0.4, -0.2) is 85.8 Å². The fourth-order valence-electron chi connectivity index (χ4n) is 3.41. The minimum Gasteiger partial charge on any atom is -0.497 e. The largest absolute Gasteiger partial charge is 0.497 e. The Morgan fingerprint density at radius 3 is 2.52 bits per heavy atom. The van der Waals surface area contributed by atoms with E-state index in [9.17, 15) is 9.59 Å². The molecule has 0 aromatic heterocycles. The summed E-state index contributed by atoms with van der Waals surface area (Å²) in [7, 11) is 5.26. The second kappa shape index (κ2) is 8.39. The summed E-state index contributed by atoms with van der Waals surface area (Å²) in [6.45, 7) is 5.09. The highest BCUT2D eigenvalue weighted by Crippen LogP contribution is 2.46. The Bertz CT molecular complexity index is 706. The van der Waals surface area contributed by atoms with Gasteiger partial charge < -0.3 is 24.2 Å². The predicted octanol–water partition coefficient (Wildman–Crippen LogP) is 1.44. The van der Waals surface area contributed by atoms with Crippen LogP contribution < -0.4 is 9.47 Å². The normalized spacial score (nSPS) is 23.6. The Hall–Kier alpha value is -1.93. The lowest BCUT2D eigenvalue weighted by molar-refractivity contribution is -0.140. The van der Waals surface area contributed by atoms with Crippen LogP contribution in [0.15, 0.2) is 18.2 Å². The summed E-state index contributed by atoms with van der Waals surface area (Å²) in [4.78, 5) is 31.3. The van der Waals surface area contributed by atoms with Crippen molar-refractivity contribution in [3.8, 4) is 11.5 Å². The number of rotatable bonds is 5. The number of nitrogens with zero attached hydrogens (tertiary/aromatic N) is 3. The van der Waals surface area contributed by atoms with Gasteiger partial charge in [-0.15, -0.1) is 11.8 Å². The second-order valence-electron chi connectivity index (χ2n) is 6.89. The van der Waals surface area contributed by atoms with Crippen LogP contribution in [0, 0.1) is 0 Å². The highest BCUT2D eigenvalue weighted by Gasteiger charge is 2.41. The summed E-state index contributed by atoms with van der Waals surface area (Å²) >= 11 is 1.53. The van der Waals surface area contributed by atoms with Crippen molar-refractivity contribution in [1.29, 1.82) is 0 Å². The molecule has 1 aromatic carbocycles. The first-order valence-electron chi connectivity index (χ1n) is 9.08. The fourth-order valence-corrected chi connectivity index (χ4v) is 4.70. The van der Waals surface area contributed by atoms with Crippen molar-refractivity contribution in [3.05, 3.63) is 23.8 Å². The maximum absolute atomic E-state index is 12.8. The number of benzene rings is 1. The maximum Gasteiger partial charge on any atom is 0.242 e. The number of carbonyl (C=O) groups is 2. The van der Waals surface area contributed by atoms with E-state index in [0.29, 0.717) is 24.6 Å². The highest BCUT2D eigenvalue weighted by atomic mass is 32.2. The number of likely N-dealkylation sites (N-methyl/N-ethyl adjacent to an activating group) is 1. The van der Waals surface area contributed by atoms with E-state index in [0.717, 1.165) is 18.7 Å². The van der Waals surface area contributed by atoms with Crippen molar-refractivity contribution < 1.29 is 19.1 Å². The van der Waals surface area contributed by atoms with E-state index in [1.165, 1.54) is 11.8 Å². The van der Waals surface area contributed by atoms with E-state index in [-0.39, 0.29) is 29.0 Å². The minimum absolute atomic E-state index is 0.00184. The van der Waals surface area contributed by atoms with Gasteiger partial charge in [0.1, 0.15) is 23.4 Å². The van der Waals surface area contributed by atoms with Gasteiger partial charge in [0.15, 0.2) is 0 Å². The van der Waals surface area contributed by atoms with Crippen molar-refractivity contribution in [1.82, 2.24) is 14.7 Å². The molecule has 27 heavy (non-hydrogen) atoms. The summed E-state index contributed by atoms with van der Waals surface area (Å²) < 4.78 is 10.8. The average molecular weight is 394 g/mol. The molecule has 2 saturated heterocycles. The van der Waals surface area contributed by atoms with E-state index in [2.05, 4.69) is 11.9 Å².